The number of methoxy groups -OCH3 is 1. The van der Waals surface area contributed by atoms with Crippen molar-refractivity contribution in [3.63, 3.8) is 0 Å². The Labute approximate surface area is 119 Å². The lowest BCUT2D eigenvalue weighted by molar-refractivity contribution is 0.0598. The van der Waals surface area contributed by atoms with Gasteiger partial charge >= 0.3 is 5.97 Å². The third-order valence-electron chi connectivity index (χ3n) is 3.01. The van der Waals surface area contributed by atoms with Crippen LogP contribution in [0.3, 0.4) is 0 Å². The number of aromatic amines is 1. The molecule has 1 aromatic heterocycles. The van der Waals surface area contributed by atoms with Gasteiger partial charge in [0.1, 0.15) is 22.9 Å². The predicted molar refractivity (Wildman–Crippen MR) is 73.9 cm³/mol. The van der Waals surface area contributed by atoms with E-state index in [0.717, 1.165) is 17.0 Å². The number of H-pyrrole nitrogens is 1. The van der Waals surface area contributed by atoms with Crippen molar-refractivity contribution >= 4 is 16.9 Å². The Morgan fingerprint density at radius 2 is 2.10 bits per heavy atom. The quantitative estimate of drug-likeness (QED) is 0.750. The van der Waals surface area contributed by atoms with Crippen LogP contribution in [0.4, 0.5) is 4.39 Å². The number of rotatable bonds is 3. The monoisotopic (exact) mass is 286 g/mol. The summed E-state index contributed by atoms with van der Waals surface area (Å²) in [6.45, 7) is 0. The summed E-state index contributed by atoms with van der Waals surface area (Å²) in [6, 6.07) is 8.97. The van der Waals surface area contributed by atoms with Gasteiger partial charge in [0, 0.05) is 6.07 Å². The largest absolute Gasteiger partial charge is 0.465 e. The van der Waals surface area contributed by atoms with E-state index in [9.17, 15) is 9.18 Å². The van der Waals surface area contributed by atoms with Crippen molar-refractivity contribution in [2.24, 2.45) is 0 Å². The molecule has 3 aromatic rings. The number of hydrogen-bond acceptors (Lipinski definition) is 4. The van der Waals surface area contributed by atoms with Crippen LogP contribution in [-0.4, -0.2) is 23.3 Å². The molecule has 0 bridgehead atoms. The van der Waals surface area contributed by atoms with Crippen LogP contribution in [0.1, 0.15) is 10.4 Å². The third-order valence-corrected chi connectivity index (χ3v) is 3.01. The Balaban J connectivity index is 2.07. The third kappa shape index (κ3) is 2.43. The topological polar surface area (TPSA) is 64.2 Å². The van der Waals surface area contributed by atoms with Gasteiger partial charge in [-0.15, -0.1) is 0 Å². The molecule has 0 fully saturated rings. The lowest BCUT2D eigenvalue weighted by atomic mass is 10.2. The molecule has 0 aliphatic rings. The highest BCUT2D eigenvalue weighted by Crippen LogP contribution is 2.31. The Morgan fingerprint density at radius 3 is 2.90 bits per heavy atom. The molecule has 6 heteroatoms. The maximum absolute atomic E-state index is 13.4. The Hall–Kier alpha value is -2.89. The van der Waals surface area contributed by atoms with Gasteiger partial charge in [0.2, 0.25) is 0 Å². The lowest BCUT2D eigenvalue weighted by Crippen LogP contribution is -2.04. The second-order valence-corrected chi connectivity index (χ2v) is 4.32. The summed E-state index contributed by atoms with van der Waals surface area (Å²) in [4.78, 5) is 11.7. The number of halogens is 1. The van der Waals surface area contributed by atoms with E-state index >= 15 is 0 Å². The fourth-order valence-corrected chi connectivity index (χ4v) is 2.01. The van der Waals surface area contributed by atoms with Gasteiger partial charge in [-0.25, -0.2) is 9.18 Å². The van der Waals surface area contributed by atoms with E-state index in [2.05, 4.69) is 14.9 Å². The average Bonchev–Trinajstić information content (AvgIpc) is 2.96. The Morgan fingerprint density at radius 1 is 1.24 bits per heavy atom. The number of carbonyl (C=O) groups excluding carboxylic acids is 1. The highest BCUT2D eigenvalue weighted by Gasteiger charge is 2.16. The second kappa shape index (κ2) is 5.24. The molecule has 106 valence electrons. The van der Waals surface area contributed by atoms with Gasteiger partial charge in [0.05, 0.1) is 24.2 Å². The van der Waals surface area contributed by atoms with Crippen molar-refractivity contribution in [3.05, 3.63) is 54.0 Å². The van der Waals surface area contributed by atoms with Crippen molar-refractivity contribution in [3.8, 4) is 11.5 Å². The number of fused-ring (bicyclic) bond motifs is 1. The van der Waals surface area contributed by atoms with E-state index in [0.29, 0.717) is 5.75 Å². The van der Waals surface area contributed by atoms with E-state index in [1.165, 1.54) is 19.2 Å². The molecule has 0 aliphatic heterocycles. The van der Waals surface area contributed by atoms with Crippen molar-refractivity contribution in [1.82, 2.24) is 10.2 Å². The van der Waals surface area contributed by atoms with Crippen LogP contribution in [-0.2, 0) is 4.74 Å². The molecule has 1 N–H and O–H groups in total. The average molecular weight is 286 g/mol. The molecule has 0 saturated carbocycles. The molecular weight excluding hydrogens is 275 g/mol. The molecule has 0 radical (unpaired) electrons. The second-order valence-electron chi connectivity index (χ2n) is 4.32. The summed E-state index contributed by atoms with van der Waals surface area (Å²) in [6.07, 6.45) is 1.60. The fraction of sp³-hybridized carbons (Fsp3) is 0.0667. The summed E-state index contributed by atoms with van der Waals surface area (Å²) in [5, 5.41) is 7.47. The molecule has 0 unspecified atom stereocenters. The van der Waals surface area contributed by atoms with Crippen LogP contribution in [0, 0.1) is 5.82 Å². The van der Waals surface area contributed by atoms with Crippen molar-refractivity contribution in [1.29, 1.82) is 0 Å². The van der Waals surface area contributed by atoms with Crippen LogP contribution >= 0.6 is 0 Å². The Kier molecular flexibility index (Phi) is 3.27. The smallest absolute Gasteiger partial charge is 0.341 e. The van der Waals surface area contributed by atoms with Crippen molar-refractivity contribution in [2.45, 2.75) is 0 Å². The van der Waals surface area contributed by atoms with Gasteiger partial charge in [-0.1, -0.05) is 6.07 Å². The van der Waals surface area contributed by atoms with Crippen LogP contribution in [0.2, 0.25) is 0 Å². The number of hydrogen-bond donors (Lipinski definition) is 1. The van der Waals surface area contributed by atoms with E-state index < -0.39 is 11.8 Å². The molecule has 0 spiro atoms. The first-order valence-corrected chi connectivity index (χ1v) is 6.17. The van der Waals surface area contributed by atoms with Crippen LogP contribution in [0.15, 0.2) is 42.6 Å². The molecule has 0 aliphatic carbocycles. The minimum Gasteiger partial charge on any atom is -0.465 e. The number of esters is 1. The van der Waals surface area contributed by atoms with Gasteiger partial charge < -0.3 is 9.47 Å². The number of benzene rings is 2. The minimum absolute atomic E-state index is 0.0931. The molecule has 0 saturated heterocycles. The molecule has 1 heterocycles. The van der Waals surface area contributed by atoms with Crippen LogP contribution in [0.25, 0.3) is 10.9 Å². The maximum Gasteiger partial charge on any atom is 0.341 e. The Bertz CT molecular complexity index is 814. The van der Waals surface area contributed by atoms with Gasteiger partial charge in [-0.05, 0) is 24.3 Å². The summed E-state index contributed by atoms with van der Waals surface area (Å²) in [5.74, 6) is -0.533. The summed E-state index contributed by atoms with van der Waals surface area (Å²) in [7, 11) is 1.26. The summed E-state index contributed by atoms with van der Waals surface area (Å²) in [5.41, 5.74) is 0.933. The molecule has 5 nitrogen and oxygen atoms in total. The zero-order chi connectivity index (χ0) is 14.8. The summed E-state index contributed by atoms with van der Waals surface area (Å²) >= 11 is 0. The van der Waals surface area contributed by atoms with Gasteiger partial charge in [0.15, 0.2) is 0 Å². The van der Waals surface area contributed by atoms with E-state index in [1.54, 1.807) is 18.3 Å². The number of nitrogens with one attached hydrogen (secondary N) is 1. The molecule has 0 amide bonds. The molecular formula is C15H11FN2O3. The first-order valence-electron chi connectivity index (χ1n) is 6.17. The van der Waals surface area contributed by atoms with Crippen LogP contribution in [0.5, 0.6) is 11.5 Å². The SMILES string of the molecule is COC(=O)c1ccc(F)cc1Oc1cccc2[nH]ncc12. The zero-order valence-corrected chi connectivity index (χ0v) is 11.1. The van der Waals surface area contributed by atoms with Gasteiger partial charge in [0.25, 0.3) is 0 Å². The molecule has 0 atom stereocenters. The number of aromatic nitrogens is 2. The van der Waals surface area contributed by atoms with E-state index in [-0.39, 0.29) is 11.3 Å². The normalized spacial score (nSPS) is 10.6. The number of ether oxygens (including phenoxy) is 2. The minimum atomic E-state index is -0.593. The molecule has 2 aromatic carbocycles. The highest BCUT2D eigenvalue weighted by molar-refractivity contribution is 5.93. The molecule has 3 rings (SSSR count). The maximum atomic E-state index is 13.4. The molecule has 21 heavy (non-hydrogen) atoms. The van der Waals surface area contributed by atoms with Crippen LogP contribution < -0.4 is 4.74 Å². The van der Waals surface area contributed by atoms with Gasteiger partial charge in [-0.2, -0.15) is 5.10 Å². The number of carbonyl (C=O) groups is 1. The fourth-order valence-electron chi connectivity index (χ4n) is 2.01. The number of nitrogens with zero attached hydrogens (tertiary/aromatic N) is 1. The highest BCUT2D eigenvalue weighted by atomic mass is 19.1. The van der Waals surface area contributed by atoms with Crippen molar-refractivity contribution < 1.29 is 18.7 Å². The van der Waals surface area contributed by atoms with E-state index in [4.69, 9.17) is 4.74 Å². The predicted octanol–water partition coefficient (Wildman–Crippen LogP) is 3.28. The van der Waals surface area contributed by atoms with Gasteiger partial charge in [-0.3, -0.25) is 5.10 Å². The zero-order valence-electron chi connectivity index (χ0n) is 11.1. The summed E-state index contributed by atoms with van der Waals surface area (Å²) < 4.78 is 23.8. The lowest BCUT2D eigenvalue weighted by Gasteiger charge is -2.10. The van der Waals surface area contributed by atoms with E-state index in [1.807, 2.05) is 6.07 Å². The first-order chi connectivity index (χ1) is 10.2. The first kappa shape index (κ1) is 13.1. The standard InChI is InChI=1S/C15H11FN2O3/c1-20-15(19)10-6-5-9(16)7-14(10)21-13-4-2-3-12-11(13)8-17-18-12/h2-8H,1H3,(H,17,18). The van der Waals surface area contributed by atoms with Crippen molar-refractivity contribution in [2.75, 3.05) is 7.11 Å².